The number of imidazole rings is 1. The quantitative estimate of drug-likeness (QED) is 0.254. The predicted octanol–water partition coefficient (Wildman–Crippen LogP) is 5.94. The smallest absolute Gasteiger partial charge is 0.269 e. The zero-order valence-corrected chi connectivity index (χ0v) is 16.5. The minimum atomic E-state index is 1.20. The molecule has 3 heteroatoms. The summed E-state index contributed by atoms with van der Waals surface area (Å²) >= 11 is 1.87. The molecule has 0 saturated carbocycles. The third-order valence-corrected chi connectivity index (χ3v) is 6.80. The molecule has 0 N–H and O–H groups in total. The Morgan fingerprint density at radius 2 is 1.61 bits per heavy atom. The molecule has 6 rings (SSSR count). The first-order valence-corrected chi connectivity index (χ1v) is 10.3. The van der Waals surface area contributed by atoms with E-state index in [0.29, 0.717) is 0 Å². The lowest BCUT2D eigenvalue weighted by Gasteiger charge is -2.19. The first-order chi connectivity index (χ1) is 13.7. The number of rotatable bonds is 1. The van der Waals surface area contributed by atoms with Crippen molar-refractivity contribution in [1.29, 1.82) is 0 Å². The molecule has 134 valence electrons. The molecule has 2 nitrogen and oxygen atoms in total. The zero-order valence-electron chi connectivity index (χ0n) is 15.7. The summed E-state index contributed by atoms with van der Waals surface area (Å²) < 4.78 is 4.48. The summed E-state index contributed by atoms with van der Waals surface area (Å²) in [6, 6.07) is 26.1. The Morgan fingerprint density at radius 3 is 2.46 bits per heavy atom. The standard InChI is InChI=1S/C25H18N2S/c1-16-7-5-8-17(2)23(16)26-15-27-21-14-13-18-9-3-4-10-19(18)25(21)28-22-12-6-11-20(26)24(22)27/h3-14H,1-2H3. The number of hydrogen-bond donors (Lipinski definition) is 0. The van der Waals surface area contributed by atoms with E-state index in [1.165, 1.54) is 54.1 Å². The third-order valence-electron chi connectivity index (χ3n) is 5.62. The van der Waals surface area contributed by atoms with Crippen LogP contribution in [-0.2, 0) is 0 Å². The van der Waals surface area contributed by atoms with Crippen LogP contribution in [0.3, 0.4) is 0 Å². The van der Waals surface area contributed by atoms with E-state index < -0.39 is 0 Å². The third kappa shape index (κ3) is 2.08. The van der Waals surface area contributed by atoms with Gasteiger partial charge in [0.05, 0.1) is 22.4 Å². The molecular formula is C25H18N2S. The molecule has 1 aliphatic heterocycles. The van der Waals surface area contributed by atoms with E-state index in [1.807, 2.05) is 11.8 Å². The predicted molar refractivity (Wildman–Crippen MR) is 115 cm³/mol. The van der Waals surface area contributed by atoms with Crippen molar-refractivity contribution < 1.29 is 4.57 Å². The van der Waals surface area contributed by atoms with Gasteiger partial charge in [-0.1, -0.05) is 78.5 Å². The molecule has 0 radical (unpaired) electrons. The molecule has 0 fully saturated rings. The van der Waals surface area contributed by atoms with Crippen molar-refractivity contribution in [2.45, 2.75) is 23.6 Å². The van der Waals surface area contributed by atoms with E-state index in [2.05, 4.69) is 102 Å². The van der Waals surface area contributed by atoms with Gasteiger partial charge in [0.25, 0.3) is 6.33 Å². The Bertz CT molecular complexity index is 1390. The number of fused-ring (bicyclic) bond motifs is 4. The van der Waals surface area contributed by atoms with Gasteiger partial charge in [-0.15, -0.1) is 0 Å². The monoisotopic (exact) mass is 378 g/mol. The molecular weight excluding hydrogens is 360 g/mol. The molecule has 2 heterocycles. The molecule has 1 aromatic heterocycles. The second-order valence-corrected chi connectivity index (χ2v) is 8.42. The van der Waals surface area contributed by atoms with E-state index >= 15 is 0 Å². The lowest BCUT2D eigenvalue weighted by atomic mass is 10.1. The first kappa shape index (κ1) is 16.0. The van der Waals surface area contributed by atoms with Gasteiger partial charge in [-0.05, 0) is 41.8 Å². The van der Waals surface area contributed by atoms with Crippen molar-refractivity contribution in [3.8, 4) is 11.4 Å². The number of nitrogens with zero attached hydrogens (tertiary/aromatic N) is 2. The van der Waals surface area contributed by atoms with Gasteiger partial charge in [-0.25, -0.2) is 0 Å². The summed E-state index contributed by atoms with van der Waals surface area (Å²) in [6.45, 7) is 4.35. The molecule has 0 spiro atoms. The molecule has 0 saturated heterocycles. The summed E-state index contributed by atoms with van der Waals surface area (Å²) in [6.07, 6.45) is 3.67. The maximum absolute atomic E-state index is 3.67. The van der Waals surface area contributed by atoms with Crippen LogP contribution >= 0.6 is 11.8 Å². The van der Waals surface area contributed by atoms with Gasteiger partial charge in [0, 0.05) is 9.79 Å². The second kappa shape index (κ2) is 5.73. The van der Waals surface area contributed by atoms with E-state index in [0.717, 1.165) is 0 Å². The van der Waals surface area contributed by atoms with Crippen molar-refractivity contribution in [3.63, 3.8) is 0 Å². The van der Waals surface area contributed by atoms with Crippen molar-refractivity contribution in [3.05, 3.63) is 90.3 Å². The minimum Gasteiger partial charge on any atom is -0.291 e. The summed E-state index contributed by atoms with van der Waals surface area (Å²) in [5, 5.41) is 2.58. The fraction of sp³-hybridized carbons (Fsp3) is 0.0800. The second-order valence-electron chi connectivity index (χ2n) is 7.37. The van der Waals surface area contributed by atoms with Crippen LogP contribution in [0.5, 0.6) is 0 Å². The molecule has 0 atom stereocenters. The van der Waals surface area contributed by atoms with Gasteiger partial charge in [-0.2, -0.15) is 0 Å². The summed E-state index contributed by atoms with van der Waals surface area (Å²) in [5.41, 5.74) is 7.38. The Balaban J connectivity index is 1.74. The van der Waals surface area contributed by atoms with Crippen LogP contribution in [0.4, 0.5) is 0 Å². The van der Waals surface area contributed by atoms with Crippen molar-refractivity contribution in [1.82, 2.24) is 4.57 Å². The Morgan fingerprint density at radius 1 is 0.821 bits per heavy atom. The van der Waals surface area contributed by atoms with Crippen LogP contribution in [0, 0.1) is 20.2 Å². The Kier molecular flexibility index (Phi) is 3.27. The lowest BCUT2D eigenvalue weighted by Crippen LogP contribution is -2.32. The fourth-order valence-electron chi connectivity index (χ4n) is 4.33. The average Bonchev–Trinajstić information content (AvgIpc) is 3.09. The van der Waals surface area contributed by atoms with Crippen LogP contribution in [0.15, 0.2) is 82.6 Å². The van der Waals surface area contributed by atoms with Gasteiger partial charge in [0.15, 0.2) is 0 Å². The number of aryl methyl sites for hydroxylation is 2. The Hall–Kier alpha value is -3.04. The van der Waals surface area contributed by atoms with Crippen LogP contribution in [0.25, 0.3) is 33.2 Å². The first-order valence-electron chi connectivity index (χ1n) is 9.48. The van der Waals surface area contributed by atoms with E-state index in [9.17, 15) is 0 Å². The van der Waals surface area contributed by atoms with E-state index in [-0.39, 0.29) is 0 Å². The minimum absolute atomic E-state index is 1.20. The lowest BCUT2D eigenvalue weighted by molar-refractivity contribution is -0.576. The summed E-state index contributed by atoms with van der Waals surface area (Å²) in [5.74, 6) is 0. The molecule has 0 unspecified atom stereocenters. The van der Waals surface area contributed by atoms with Crippen molar-refractivity contribution in [2.75, 3.05) is 0 Å². The maximum Gasteiger partial charge on any atom is 0.269 e. The van der Waals surface area contributed by atoms with E-state index in [4.69, 9.17) is 0 Å². The average molecular weight is 379 g/mol. The molecule has 0 aliphatic carbocycles. The highest BCUT2D eigenvalue weighted by molar-refractivity contribution is 8.00. The normalized spacial score (nSPS) is 12.5. The fourth-order valence-corrected chi connectivity index (χ4v) is 5.55. The highest BCUT2D eigenvalue weighted by Crippen LogP contribution is 2.43. The summed E-state index contributed by atoms with van der Waals surface area (Å²) in [4.78, 5) is 2.58. The van der Waals surface area contributed by atoms with Crippen LogP contribution in [-0.4, -0.2) is 4.57 Å². The van der Waals surface area contributed by atoms with Gasteiger partial charge >= 0.3 is 0 Å². The highest BCUT2D eigenvalue weighted by atomic mass is 32.2. The Labute approximate surface area is 168 Å². The SMILES string of the molecule is Cc1cccc(C)c1-n1[c-][n+]2c3c(cccc31)Sc1c-2ccc2ccccc12. The topological polar surface area (TPSA) is 8.81 Å². The van der Waals surface area contributed by atoms with E-state index in [1.54, 1.807) is 0 Å². The zero-order chi connectivity index (χ0) is 18.8. The van der Waals surface area contributed by atoms with Gasteiger partial charge in [0.1, 0.15) is 0 Å². The highest BCUT2D eigenvalue weighted by Gasteiger charge is 2.24. The number of benzene rings is 4. The molecule has 1 aliphatic rings. The molecule has 0 amide bonds. The largest absolute Gasteiger partial charge is 0.291 e. The molecule has 5 aromatic rings. The molecule has 0 bridgehead atoms. The van der Waals surface area contributed by atoms with Crippen molar-refractivity contribution >= 4 is 33.6 Å². The number of hydrogen-bond acceptors (Lipinski definition) is 1. The van der Waals surface area contributed by atoms with Crippen molar-refractivity contribution in [2.24, 2.45) is 0 Å². The van der Waals surface area contributed by atoms with Gasteiger partial charge in [0.2, 0.25) is 0 Å². The van der Waals surface area contributed by atoms with Crippen LogP contribution < -0.4 is 4.57 Å². The summed E-state index contributed by atoms with van der Waals surface area (Å²) in [7, 11) is 0. The molecule has 4 aromatic carbocycles. The maximum atomic E-state index is 3.67. The number of para-hydroxylation sites is 2. The van der Waals surface area contributed by atoms with Gasteiger partial charge < -0.3 is 0 Å². The molecule has 28 heavy (non-hydrogen) atoms. The van der Waals surface area contributed by atoms with Crippen LogP contribution in [0.2, 0.25) is 0 Å². The van der Waals surface area contributed by atoms with Crippen LogP contribution in [0.1, 0.15) is 11.1 Å². The number of aromatic nitrogens is 2. The van der Waals surface area contributed by atoms with Gasteiger partial charge in [-0.3, -0.25) is 9.13 Å².